The minimum atomic E-state index is -4.17. The normalized spacial score (nSPS) is 33.8. The zero-order valence-electron chi connectivity index (χ0n) is 12.7. The molecule has 1 heterocycles. The quantitative estimate of drug-likeness (QED) is 0.573. The Kier molecular flexibility index (Phi) is 6.26. The van der Waals surface area contributed by atoms with E-state index >= 15 is 0 Å². The van der Waals surface area contributed by atoms with Crippen LogP contribution >= 0.6 is 7.82 Å². The second-order valence-electron chi connectivity index (χ2n) is 5.78. The average molecular weight is 306 g/mol. The minimum absolute atomic E-state index is 0.0209. The summed E-state index contributed by atoms with van der Waals surface area (Å²) in [6.45, 7) is 9.03. The molecule has 0 amide bonds. The molecule has 1 aliphatic heterocycles. The van der Waals surface area contributed by atoms with E-state index in [4.69, 9.17) is 26.4 Å². The molecule has 0 aliphatic carbocycles. The highest BCUT2D eigenvalue weighted by molar-refractivity contribution is 7.47. The van der Waals surface area contributed by atoms with Crippen molar-refractivity contribution in [1.82, 2.24) is 0 Å². The predicted molar refractivity (Wildman–Crippen MR) is 75.7 cm³/mol. The Bertz CT molecular complexity index is 364. The number of hydrogen-bond donors (Lipinski definition) is 1. The standard InChI is InChI=1S/C12H24BO6P/c1-8(2)16-7-10-12(5,6-11(13)17-10)19-20(14,15)18-9(3)4/h8-11H,6-7H2,1-5H3,(H,14,15)/t10-,11-,12+/m1/s1. The van der Waals surface area contributed by atoms with Crippen LogP contribution in [-0.4, -0.2) is 49.3 Å². The van der Waals surface area contributed by atoms with Crippen molar-refractivity contribution in [2.24, 2.45) is 0 Å². The van der Waals surface area contributed by atoms with Crippen LogP contribution in [0.1, 0.15) is 41.0 Å². The van der Waals surface area contributed by atoms with Crippen molar-refractivity contribution in [1.29, 1.82) is 0 Å². The van der Waals surface area contributed by atoms with Gasteiger partial charge in [0.1, 0.15) is 19.6 Å². The van der Waals surface area contributed by atoms with Gasteiger partial charge in [0.15, 0.2) is 0 Å². The molecule has 6 nitrogen and oxygen atoms in total. The van der Waals surface area contributed by atoms with E-state index in [0.29, 0.717) is 6.42 Å². The predicted octanol–water partition coefficient (Wildman–Crippen LogP) is 2.00. The summed E-state index contributed by atoms with van der Waals surface area (Å²) < 4.78 is 33.2. The fraction of sp³-hybridized carbons (Fsp3) is 1.00. The molecule has 0 aromatic heterocycles. The van der Waals surface area contributed by atoms with E-state index in [1.165, 1.54) is 0 Å². The molecule has 1 aliphatic rings. The van der Waals surface area contributed by atoms with E-state index in [2.05, 4.69) is 0 Å². The van der Waals surface area contributed by atoms with Crippen molar-refractivity contribution in [3.05, 3.63) is 0 Å². The van der Waals surface area contributed by atoms with Crippen LogP contribution in [-0.2, 0) is 23.1 Å². The third-order valence-corrected chi connectivity index (χ3v) is 4.21. The zero-order valence-corrected chi connectivity index (χ0v) is 13.6. The summed E-state index contributed by atoms with van der Waals surface area (Å²) in [6.07, 6.45) is -0.620. The summed E-state index contributed by atoms with van der Waals surface area (Å²) in [5, 5.41) is 0. The van der Waals surface area contributed by atoms with E-state index in [1.54, 1.807) is 20.8 Å². The maximum atomic E-state index is 11.9. The highest BCUT2D eigenvalue weighted by atomic mass is 31.2. The molecule has 116 valence electrons. The molecule has 1 saturated heterocycles. The van der Waals surface area contributed by atoms with E-state index in [0.717, 1.165) is 0 Å². The van der Waals surface area contributed by atoms with Crippen LogP contribution in [0.5, 0.6) is 0 Å². The lowest BCUT2D eigenvalue weighted by Crippen LogP contribution is -2.41. The number of ether oxygens (including phenoxy) is 2. The topological polar surface area (TPSA) is 74.2 Å². The van der Waals surface area contributed by atoms with Crippen molar-refractivity contribution >= 4 is 15.7 Å². The van der Waals surface area contributed by atoms with Crippen LogP contribution in [0.3, 0.4) is 0 Å². The van der Waals surface area contributed by atoms with Crippen LogP contribution in [0.2, 0.25) is 0 Å². The summed E-state index contributed by atoms with van der Waals surface area (Å²) in [4.78, 5) is 9.77. The number of phosphoric ester groups is 1. The molecule has 1 N–H and O–H groups in total. The zero-order chi connectivity index (χ0) is 15.6. The Hall–Kier alpha value is 0.0949. The van der Waals surface area contributed by atoms with Crippen LogP contribution in [0.15, 0.2) is 0 Å². The Morgan fingerprint density at radius 3 is 2.50 bits per heavy atom. The minimum Gasteiger partial charge on any atom is -0.379 e. The largest absolute Gasteiger partial charge is 0.473 e. The molecular weight excluding hydrogens is 282 g/mol. The van der Waals surface area contributed by atoms with E-state index in [9.17, 15) is 9.46 Å². The van der Waals surface area contributed by atoms with Gasteiger partial charge in [0.05, 0.1) is 18.8 Å². The third kappa shape index (κ3) is 5.47. The molecule has 20 heavy (non-hydrogen) atoms. The Balaban J connectivity index is 2.74. The molecule has 1 unspecified atom stereocenters. The Morgan fingerprint density at radius 1 is 1.40 bits per heavy atom. The monoisotopic (exact) mass is 306 g/mol. The van der Waals surface area contributed by atoms with Crippen molar-refractivity contribution in [3.8, 4) is 0 Å². The van der Waals surface area contributed by atoms with Gasteiger partial charge in [-0.05, 0) is 41.0 Å². The van der Waals surface area contributed by atoms with Gasteiger partial charge in [-0.15, -0.1) is 0 Å². The van der Waals surface area contributed by atoms with Crippen molar-refractivity contribution in [2.75, 3.05) is 6.61 Å². The van der Waals surface area contributed by atoms with Crippen LogP contribution in [0, 0.1) is 0 Å². The Labute approximate surface area is 122 Å². The summed E-state index contributed by atoms with van der Waals surface area (Å²) >= 11 is 0. The summed E-state index contributed by atoms with van der Waals surface area (Å²) in [5.41, 5.74) is -1.02. The second kappa shape index (κ2) is 6.90. The molecule has 0 aromatic rings. The first-order valence-electron chi connectivity index (χ1n) is 6.78. The number of phosphoric acid groups is 1. The first-order valence-corrected chi connectivity index (χ1v) is 8.28. The summed E-state index contributed by atoms with van der Waals surface area (Å²) in [5.74, 6) is 0. The van der Waals surface area contributed by atoms with Crippen LogP contribution in [0.4, 0.5) is 0 Å². The van der Waals surface area contributed by atoms with Crippen molar-refractivity contribution in [3.63, 3.8) is 0 Å². The van der Waals surface area contributed by atoms with Crippen LogP contribution < -0.4 is 0 Å². The van der Waals surface area contributed by atoms with Gasteiger partial charge >= 0.3 is 7.82 Å². The first kappa shape index (κ1) is 18.1. The summed E-state index contributed by atoms with van der Waals surface area (Å²) in [7, 11) is 1.59. The van der Waals surface area contributed by atoms with Gasteiger partial charge in [-0.1, -0.05) is 0 Å². The van der Waals surface area contributed by atoms with Gasteiger partial charge < -0.3 is 14.4 Å². The smallest absolute Gasteiger partial charge is 0.379 e. The average Bonchev–Trinajstić information content (AvgIpc) is 2.46. The highest BCUT2D eigenvalue weighted by Gasteiger charge is 2.49. The molecule has 1 fully saturated rings. The lowest BCUT2D eigenvalue weighted by molar-refractivity contribution is -0.0825. The lowest BCUT2D eigenvalue weighted by atomic mass is 9.89. The molecule has 4 atom stereocenters. The lowest BCUT2D eigenvalue weighted by Gasteiger charge is -2.32. The molecule has 0 bridgehead atoms. The molecular formula is C12H24BO6P. The van der Waals surface area contributed by atoms with Crippen molar-refractivity contribution < 1.29 is 28.0 Å². The number of rotatable bonds is 7. The maximum Gasteiger partial charge on any atom is 0.473 e. The molecule has 0 saturated carbocycles. The first-order chi connectivity index (χ1) is 9.04. The molecule has 0 aromatic carbocycles. The fourth-order valence-electron chi connectivity index (χ4n) is 2.08. The van der Waals surface area contributed by atoms with E-state index < -0.39 is 31.6 Å². The van der Waals surface area contributed by atoms with Crippen LogP contribution in [0.25, 0.3) is 0 Å². The Morgan fingerprint density at radius 2 is 2.00 bits per heavy atom. The molecule has 1 rings (SSSR count). The van der Waals surface area contributed by atoms with Gasteiger partial charge in [0.2, 0.25) is 0 Å². The van der Waals surface area contributed by atoms with E-state index in [1.807, 2.05) is 13.8 Å². The van der Waals surface area contributed by atoms with Gasteiger partial charge in [-0.2, -0.15) is 0 Å². The van der Waals surface area contributed by atoms with Gasteiger partial charge in [-0.3, -0.25) is 9.05 Å². The maximum absolute atomic E-state index is 11.9. The third-order valence-electron chi connectivity index (χ3n) is 2.88. The second-order valence-corrected chi connectivity index (χ2v) is 7.11. The fourth-order valence-corrected chi connectivity index (χ4v) is 3.37. The summed E-state index contributed by atoms with van der Waals surface area (Å²) in [6, 6.07) is -0.556. The number of hydrogen-bond acceptors (Lipinski definition) is 5. The highest BCUT2D eigenvalue weighted by Crippen LogP contribution is 2.52. The van der Waals surface area contributed by atoms with Gasteiger partial charge in [0.25, 0.3) is 0 Å². The van der Waals surface area contributed by atoms with Crippen molar-refractivity contribution in [2.45, 2.75) is 71.0 Å². The molecule has 2 radical (unpaired) electrons. The molecule has 0 spiro atoms. The van der Waals surface area contributed by atoms with Gasteiger partial charge in [-0.25, -0.2) is 4.57 Å². The van der Waals surface area contributed by atoms with Gasteiger partial charge in [0, 0.05) is 6.00 Å². The molecule has 8 heteroatoms. The van der Waals surface area contributed by atoms with E-state index in [-0.39, 0.29) is 12.7 Å². The SMILES string of the molecule is [B][C@H]1C[C@](C)(OP(=O)(O)OC(C)C)[C@@H](COC(C)C)O1.